The summed E-state index contributed by atoms with van der Waals surface area (Å²) in [6, 6.07) is 5.60. The Kier molecular flexibility index (Phi) is 8.59. The molecule has 0 bridgehead atoms. The van der Waals surface area contributed by atoms with Crippen LogP contribution in [0.5, 0.6) is 5.75 Å². The minimum atomic E-state index is -0.835. The Morgan fingerprint density at radius 2 is 1.74 bits per heavy atom. The van der Waals surface area contributed by atoms with Gasteiger partial charge in [-0.25, -0.2) is 9.59 Å². The van der Waals surface area contributed by atoms with Crippen LogP contribution in [0.25, 0.3) is 0 Å². The number of benzene rings is 1. The van der Waals surface area contributed by atoms with Crippen LogP contribution >= 0.6 is 15.9 Å². The first-order valence-electron chi connectivity index (χ1n) is 10.4. The molecular weight excluding hydrogens is 466 g/mol. The van der Waals surface area contributed by atoms with Crippen LogP contribution in [0, 0.1) is 0 Å². The van der Waals surface area contributed by atoms with Crippen LogP contribution in [0.1, 0.15) is 34.6 Å². The zero-order valence-electron chi connectivity index (χ0n) is 19.3. The average molecular weight is 500 g/mol. The van der Waals surface area contributed by atoms with Crippen molar-refractivity contribution in [3.63, 3.8) is 0 Å². The van der Waals surface area contributed by atoms with Crippen molar-refractivity contribution in [2.24, 2.45) is 0 Å². The molecule has 0 aliphatic carbocycles. The topological polar surface area (TPSA) is 80.3 Å². The lowest BCUT2D eigenvalue weighted by Gasteiger charge is -2.35. The third-order valence-electron chi connectivity index (χ3n) is 4.77. The van der Waals surface area contributed by atoms with E-state index < -0.39 is 11.1 Å². The number of hydrogen-bond donors (Lipinski definition) is 1. The van der Waals surface area contributed by atoms with Crippen LogP contribution in [0.4, 0.5) is 10.5 Å². The monoisotopic (exact) mass is 499 g/mol. The van der Waals surface area contributed by atoms with Gasteiger partial charge < -0.3 is 24.4 Å². The van der Waals surface area contributed by atoms with E-state index in [-0.39, 0.29) is 12.1 Å². The Morgan fingerprint density at radius 1 is 1.10 bits per heavy atom. The molecule has 2 rings (SSSR count). The minimum absolute atomic E-state index is 0.253. The van der Waals surface area contributed by atoms with E-state index in [1.807, 2.05) is 39.0 Å². The molecule has 1 aliphatic rings. The SMILES string of the molecule is COC(=O)C(C)(C)Nc1ccc(OCCN2CCN(C(=O)OC(C)(C)C)CC2)c(Br)c1. The molecule has 1 saturated heterocycles. The zero-order chi connectivity index (χ0) is 23.2. The van der Waals surface area contributed by atoms with E-state index in [1.54, 1.807) is 18.7 Å². The molecule has 1 heterocycles. The molecular formula is C22H34BrN3O5. The van der Waals surface area contributed by atoms with Gasteiger partial charge in [-0.05, 0) is 68.7 Å². The van der Waals surface area contributed by atoms with Crippen molar-refractivity contribution in [3.05, 3.63) is 22.7 Å². The highest BCUT2D eigenvalue weighted by Gasteiger charge is 2.28. The number of rotatable bonds is 7. The zero-order valence-corrected chi connectivity index (χ0v) is 20.9. The van der Waals surface area contributed by atoms with E-state index in [2.05, 4.69) is 26.1 Å². The average Bonchev–Trinajstić information content (AvgIpc) is 2.67. The number of hydrogen-bond acceptors (Lipinski definition) is 7. The summed E-state index contributed by atoms with van der Waals surface area (Å²) in [6.07, 6.45) is -0.253. The molecule has 1 aromatic carbocycles. The fourth-order valence-corrected chi connectivity index (χ4v) is 3.62. The summed E-state index contributed by atoms with van der Waals surface area (Å²) < 4.78 is 17.0. The number of carbonyl (C=O) groups excluding carboxylic acids is 2. The van der Waals surface area contributed by atoms with Crippen molar-refractivity contribution in [1.29, 1.82) is 0 Å². The van der Waals surface area contributed by atoms with E-state index >= 15 is 0 Å². The summed E-state index contributed by atoms with van der Waals surface area (Å²) in [5.74, 6) is 0.393. The molecule has 8 nitrogen and oxygen atoms in total. The van der Waals surface area contributed by atoms with Crippen LogP contribution in [-0.2, 0) is 14.3 Å². The maximum absolute atomic E-state index is 12.2. The Hall–Kier alpha value is -2.00. The lowest BCUT2D eigenvalue weighted by molar-refractivity contribution is -0.144. The van der Waals surface area contributed by atoms with E-state index in [4.69, 9.17) is 14.2 Å². The molecule has 9 heteroatoms. The molecule has 0 spiro atoms. The summed E-state index contributed by atoms with van der Waals surface area (Å²) in [5, 5.41) is 3.16. The van der Waals surface area contributed by atoms with Crippen molar-refractivity contribution in [2.75, 3.05) is 51.8 Å². The van der Waals surface area contributed by atoms with E-state index in [1.165, 1.54) is 7.11 Å². The van der Waals surface area contributed by atoms with Gasteiger partial charge >= 0.3 is 12.1 Å². The largest absolute Gasteiger partial charge is 0.491 e. The van der Waals surface area contributed by atoms with Gasteiger partial charge in [0, 0.05) is 38.4 Å². The molecule has 0 aromatic heterocycles. The van der Waals surface area contributed by atoms with Crippen LogP contribution in [0.15, 0.2) is 22.7 Å². The normalized spacial score (nSPS) is 15.4. The molecule has 174 valence electrons. The van der Waals surface area contributed by atoms with Crippen molar-refractivity contribution >= 4 is 33.7 Å². The second kappa shape index (κ2) is 10.5. The maximum atomic E-state index is 12.2. The lowest BCUT2D eigenvalue weighted by atomic mass is 10.1. The van der Waals surface area contributed by atoms with Gasteiger partial charge in [0.1, 0.15) is 23.5 Å². The number of esters is 1. The molecule has 1 aliphatic heterocycles. The van der Waals surface area contributed by atoms with Crippen molar-refractivity contribution in [2.45, 2.75) is 45.8 Å². The third-order valence-corrected chi connectivity index (χ3v) is 5.39. The van der Waals surface area contributed by atoms with E-state index in [0.29, 0.717) is 19.7 Å². The van der Waals surface area contributed by atoms with Gasteiger partial charge in [-0.3, -0.25) is 4.90 Å². The van der Waals surface area contributed by atoms with Gasteiger partial charge in [0.2, 0.25) is 0 Å². The van der Waals surface area contributed by atoms with Gasteiger partial charge in [0.15, 0.2) is 0 Å². The summed E-state index contributed by atoms with van der Waals surface area (Å²) >= 11 is 3.53. The van der Waals surface area contributed by atoms with Gasteiger partial charge in [0.05, 0.1) is 11.6 Å². The lowest BCUT2D eigenvalue weighted by Crippen LogP contribution is -2.50. The third kappa shape index (κ3) is 7.88. The quantitative estimate of drug-likeness (QED) is 0.572. The molecule has 1 amide bonds. The number of nitrogens with one attached hydrogen (secondary N) is 1. The van der Waals surface area contributed by atoms with E-state index in [0.717, 1.165) is 35.5 Å². The first-order valence-corrected chi connectivity index (χ1v) is 11.2. The van der Waals surface area contributed by atoms with Crippen molar-refractivity contribution < 1.29 is 23.8 Å². The molecule has 31 heavy (non-hydrogen) atoms. The summed E-state index contributed by atoms with van der Waals surface area (Å²) in [5.41, 5.74) is -0.527. The fraction of sp³-hybridized carbons (Fsp3) is 0.636. The van der Waals surface area contributed by atoms with Crippen LogP contribution in [-0.4, -0.2) is 79.4 Å². The molecule has 0 unspecified atom stereocenters. The first-order chi connectivity index (χ1) is 14.4. The predicted molar refractivity (Wildman–Crippen MR) is 124 cm³/mol. The Morgan fingerprint density at radius 3 is 2.29 bits per heavy atom. The minimum Gasteiger partial charge on any atom is -0.491 e. The fourth-order valence-electron chi connectivity index (χ4n) is 3.13. The first kappa shape index (κ1) is 25.3. The molecule has 0 atom stereocenters. The molecule has 1 fully saturated rings. The standard InChI is InChI=1S/C22H34BrN3O5/c1-21(2,3)31-20(28)26-11-9-25(10-12-26)13-14-30-18-8-7-16(15-17(18)23)24-22(4,5)19(27)29-6/h7-8,15,24H,9-14H2,1-6H3. The van der Waals surface area contributed by atoms with Crippen molar-refractivity contribution in [3.8, 4) is 5.75 Å². The number of methoxy groups -OCH3 is 1. The second-order valence-electron chi connectivity index (χ2n) is 9.04. The Labute approximate surface area is 193 Å². The molecule has 0 saturated carbocycles. The van der Waals surface area contributed by atoms with Gasteiger partial charge in [-0.1, -0.05) is 0 Å². The van der Waals surface area contributed by atoms with Gasteiger partial charge in [0.25, 0.3) is 0 Å². The maximum Gasteiger partial charge on any atom is 0.410 e. The van der Waals surface area contributed by atoms with Crippen LogP contribution in [0.2, 0.25) is 0 Å². The van der Waals surface area contributed by atoms with E-state index in [9.17, 15) is 9.59 Å². The van der Waals surface area contributed by atoms with Crippen molar-refractivity contribution in [1.82, 2.24) is 9.80 Å². The van der Waals surface area contributed by atoms with Gasteiger partial charge in [-0.15, -0.1) is 0 Å². The number of halogens is 1. The van der Waals surface area contributed by atoms with Gasteiger partial charge in [-0.2, -0.15) is 0 Å². The highest BCUT2D eigenvalue weighted by atomic mass is 79.9. The number of anilines is 1. The van der Waals surface area contributed by atoms with Crippen LogP contribution < -0.4 is 10.1 Å². The number of nitrogens with zero attached hydrogens (tertiary/aromatic N) is 2. The number of ether oxygens (including phenoxy) is 3. The Bertz CT molecular complexity index is 771. The molecule has 1 aromatic rings. The number of carbonyl (C=O) groups is 2. The number of piperazine rings is 1. The summed E-state index contributed by atoms with van der Waals surface area (Å²) in [4.78, 5) is 28.0. The molecule has 0 radical (unpaired) electrons. The predicted octanol–water partition coefficient (Wildman–Crippen LogP) is 3.74. The van der Waals surface area contributed by atoms with Crippen LogP contribution in [0.3, 0.4) is 0 Å². The number of amides is 1. The summed E-state index contributed by atoms with van der Waals surface area (Å²) in [6.45, 7) is 13.3. The summed E-state index contributed by atoms with van der Waals surface area (Å²) in [7, 11) is 1.37. The smallest absolute Gasteiger partial charge is 0.410 e. The highest BCUT2D eigenvalue weighted by Crippen LogP contribution is 2.29. The second-order valence-corrected chi connectivity index (χ2v) is 9.90. The molecule has 1 N–H and O–H groups in total. The highest BCUT2D eigenvalue weighted by molar-refractivity contribution is 9.10. The Balaban J connectivity index is 1.78.